The molecule has 2 fully saturated rings. The van der Waals surface area contributed by atoms with E-state index < -0.39 is 46.3 Å². The number of hydrogen-bond acceptors (Lipinski definition) is 5. The molecule has 0 unspecified atom stereocenters. The minimum Gasteiger partial charge on any atom is -0.356 e. The lowest BCUT2D eigenvalue weighted by atomic mass is 9.70. The summed E-state index contributed by atoms with van der Waals surface area (Å²) in [6.07, 6.45) is 6.76. The number of aromatic nitrogens is 1. The van der Waals surface area contributed by atoms with Crippen LogP contribution in [-0.4, -0.2) is 50.4 Å². The third-order valence-electron chi connectivity index (χ3n) is 7.03. The molecule has 1 aromatic heterocycles. The van der Waals surface area contributed by atoms with E-state index in [-0.39, 0.29) is 24.0 Å². The Kier molecular flexibility index (Phi) is 5.51. The Balaban J connectivity index is 1.55. The first-order valence-electron chi connectivity index (χ1n) is 11.9. The Hall–Kier alpha value is -3.59. The molecule has 3 aliphatic rings. The number of halogens is 1. The van der Waals surface area contributed by atoms with Crippen molar-refractivity contribution in [2.24, 2.45) is 11.8 Å². The maximum absolute atomic E-state index is 14.3. The predicted octanol–water partition coefficient (Wildman–Crippen LogP) is 2.81. The van der Waals surface area contributed by atoms with Gasteiger partial charge in [-0.25, -0.2) is 4.39 Å². The SMILES string of the molecule is CC(C)(C)NC(=O)[C@@H]1N(Cc2cccnc2)C(=O)[C@@H]2[C@H](C(=O)Nc3ccccc3F)[C@@]3(C)C=C[C@]21O3. The molecular weight excluding hydrogens is 463 g/mol. The van der Waals surface area contributed by atoms with Gasteiger partial charge in [0, 0.05) is 24.5 Å². The molecule has 2 bridgehead atoms. The zero-order valence-electron chi connectivity index (χ0n) is 20.6. The number of rotatable bonds is 5. The van der Waals surface area contributed by atoms with Crippen LogP contribution in [0.25, 0.3) is 0 Å². The van der Waals surface area contributed by atoms with Crippen LogP contribution in [0, 0.1) is 17.7 Å². The average Bonchev–Trinajstić information content (AvgIpc) is 3.36. The Labute approximate surface area is 208 Å². The van der Waals surface area contributed by atoms with E-state index in [0.29, 0.717) is 0 Å². The maximum atomic E-state index is 14.3. The summed E-state index contributed by atoms with van der Waals surface area (Å²) in [4.78, 5) is 46.8. The number of ether oxygens (including phenoxy) is 1. The van der Waals surface area contributed by atoms with Crippen molar-refractivity contribution in [3.8, 4) is 0 Å². The van der Waals surface area contributed by atoms with Crippen molar-refractivity contribution in [3.05, 3.63) is 72.3 Å². The minimum absolute atomic E-state index is 0.0200. The van der Waals surface area contributed by atoms with Crippen LogP contribution in [0.4, 0.5) is 10.1 Å². The molecule has 3 amide bonds. The van der Waals surface area contributed by atoms with Gasteiger partial charge in [-0.1, -0.05) is 30.4 Å². The topological polar surface area (TPSA) is 101 Å². The molecule has 0 saturated carbocycles. The lowest BCUT2D eigenvalue weighted by molar-refractivity contribution is -0.145. The zero-order valence-corrected chi connectivity index (χ0v) is 20.6. The van der Waals surface area contributed by atoms with Gasteiger partial charge < -0.3 is 20.3 Å². The number of likely N-dealkylation sites (tertiary alicyclic amines) is 1. The third-order valence-corrected chi connectivity index (χ3v) is 7.03. The van der Waals surface area contributed by atoms with Crippen LogP contribution in [0.5, 0.6) is 0 Å². The van der Waals surface area contributed by atoms with E-state index in [1.807, 2.05) is 26.8 Å². The number of nitrogens with zero attached hydrogens (tertiary/aromatic N) is 2. The van der Waals surface area contributed by atoms with Crippen molar-refractivity contribution in [2.75, 3.05) is 5.32 Å². The van der Waals surface area contributed by atoms with Gasteiger partial charge in [-0.2, -0.15) is 0 Å². The Morgan fingerprint density at radius 1 is 1.14 bits per heavy atom. The number of amides is 3. The Morgan fingerprint density at radius 2 is 1.89 bits per heavy atom. The molecule has 8 nitrogen and oxygen atoms in total. The lowest BCUT2D eigenvalue weighted by Gasteiger charge is -2.35. The van der Waals surface area contributed by atoms with Gasteiger partial charge in [0.05, 0.1) is 23.1 Å². The number of pyridine rings is 1. The molecule has 2 N–H and O–H groups in total. The van der Waals surface area contributed by atoms with E-state index >= 15 is 0 Å². The van der Waals surface area contributed by atoms with Crippen molar-refractivity contribution >= 4 is 23.4 Å². The molecule has 1 aromatic carbocycles. The zero-order chi connectivity index (χ0) is 25.9. The number of anilines is 1. The van der Waals surface area contributed by atoms with Crippen molar-refractivity contribution in [3.63, 3.8) is 0 Å². The third kappa shape index (κ3) is 3.78. The van der Waals surface area contributed by atoms with Crippen LogP contribution < -0.4 is 10.6 Å². The van der Waals surface area contributed by atoms with Crippen LogP contribution in [0.2, 0.25) is 0 Å². The second-order valence-electron chi connectivity index (χ2n) is 10.9. The summed E-state index contributed by atoms with van der Waals surface area (Å²) in [5.41, 5.74) is -2.25. The Morgan fingerprint density at radius 3 is 2.56 bits per heavy atom. The molecule has 36 heavy (non-hydrogen) atoms. The molecule has 2 aromatic rings. The molecule has 9 heteroatoms. The Bertz CT molecular complexity index is 1260. The molecule has 2 saturated heterocycles. The molecule has 3 aliphatic heterocycles. The summed E-state index contributed by atoms with van der Waals surface area (Å²) in [5, 5.41) is 5.61. The second-order valence-corrected chi connectivity index (χ2v) is 10.9. The second kappa shape index (κ2) is 8.23. The van der Waals surface area contributed by atoms with E-state index in [9.17, 15) is 18.8 Å². The fourth-order valence-corrected chi connectivity index (χ4v) is 5.70. The number of hydrogen-bond donors (Lipinski definition) is 2. The quantitative estimate of drug-likeness (QED) is 0.626. The van der Waals surface area contributed by atoms with Gasteiger partial charge in [-0.3, -0.25) is 19.4 Å². The predicted molar refractivity (Wildman–Crippen MR) is 130 cm³/mol. The van der Waals surface area contributed by atoms with Crippen LogP contribution in [0.3, 0.4) is 0 Å². The summed E-state index contributed by atoms with van der Waals surface area (Å²) in [6.45, 7) is 7.42. The van der Waals surface area contributed by atoms with E-state index in [2.05, 4.69) is 15.6 Å². The van der Waals surface area contributed by atoms with Gasteiger partial charge in [-0.05, 0) is 51.5 Å². The number of fused-ring (bicyclic) bond motifs is 1. The van der Waals surface area contributed by atoms with Gasteiger partial charge in [0.25, 0.3) is 0 Å². The van der Waals surface area contributed by atoms with Gasteiger partial charge >= 0.3 is 0 Å². The average molecular weight is 493 g/mol. The molecule has 4 heterocycles. The number of carbonyl (C=O) groups excluding carboxylic acids is 3. The highest BCUT2D eigenvalue weighted by atomic mass is 19.1. The van der Waals surface area contributed by atoms with Crippen LogP contribution in [-0.2, 0) is 25.7 Å². The summed E-state index contributed by atoms with van der Waals surface area (Å²) in [7, 11) is 0. The summed E-state index contributed by atoms with van der Waals surface area (Å²) < 4.78 is 20.8. The smallest absolute Gasteiger partial charge is 0.246 e. The molecule has 0 radical (unpaired) electrons. The van der Waals surface area contributed by atoms with Crippen molar-refractivity contribution < 1.29 is 23.5 Å². The fourth-order valence-electron chi connectivity index (χ4n) is 5.70. The first-order chi connectivity index (χ1) is 17.0. The van der Waals surface area contributed by atoms with Crippen LogP contribution in [0.15, 0.2) is 60.9 Å². The standard InChI is InChI=1S/C27H29FN4O4/c1-25(2,3)31-23(34)21-27-12-11-26(4,36-27)19(22(33)30-18-10-6-5-9-17(18)28)20(27)24(35)32(21)15-16-8-7-13-29-14-16/h5-14,19-21H,15H2,1-4H3,(H,30,33)(H,31,34)/t19-,20+,21+,26-,27+/m1/s1. The number of benzene rings is 1. The highest BCUT2D eigenvalue weighted by Crippen LogP contribution is 2.60. The fraction of sp³-hybridized carbons (Fsp3) is 0.407. The van der Waals surface area contributed by atoms with Crippen LogP contribution >= 0.6 is 0 Å². The van der Waals surface area contributed by atoms with E-state index in [4.69, 9.17) is 4.74 Å². The molecule has 5 atom stereocenters. The molecule has 1 spiro atoms. The minimum atomic E-state index is -1.33. The first-order valence-corrected chi connectivity index (χ1v) is 11.9. The summed E-state index contributed by atoms with van der Waals surface area (Å²) in [6, 6.07) is 8.43. The number of nitrogens with one attached hydrogen (secondary N) is 2. The first kappa shape index (κ1) is 24.1. The molecular formula is C27H29FN4O4. The van der Waals surface area contributed by atoms with Gasteiger partial charge in [0.1, 0.15) is 17.5 Å². The van der Waals surface area contributed by atoms with Gasteiger partial charge in [0.15, 0.2) is 0 Å². The van der Waals surface area contributed by atoms with E-state index in [0.717, 1.165) is 5.56 Å². The van der Waals surface area contributed by atoms with E-state index in [1.54, 1.807) is 43.6 Å². The number of carbonyl (C=O) groups is 3. The van der Waals surface area contributed by atoms with Gasteiger partial charge in [0.2, 0.25) is 17.7 Å². The molecule has 5 rings (SSSR count). The normalized spacial score (nSPS) is 30.4. The van der Waals surface area contributed by atoms with Crippen molar-refractivity contribution in [2.45, 2.75) is 57.0 Å². The summed E-state index contributed by atoms with van der Waals surface area (Å²) in [5.74, 6) is -3.76. The van der Waals surface area contributed by atoms with Crippen LogP contribution in [0.1, 0.15) is 33.3 Å². The largest absolute Gasteiger partial charge is 0.356 e. The van der Waals surface area contributed by atoms with Crippen molar-refractivity contribution in [1.82, 2.24) is 15.2 Å². The lowest BCUT2D eigenvalue weighted by Crippen LogP contribution is -2.57. The molecule has 188 valence electrons. The maximum Gasteiger partial charge on any atom is 0.246 e. The summed E-state index contributed by atoms with van der Waals surface area (Å²) >= 11 is 0. The monoisotopic (exact) mass is 492 g/mol. The van der Waals surface area contributed by atoms with Gasteiger partial charge in [-0.15, -0.1) is 0 Å². The van der Waals surface area contributed by atoms with Crippen molar-refractivity contribution in [1.29, 1.82) is 0 Å². The van der Waals surface area contributed by atoms with E-state index in [1.165, 1.54) is 23.1 Å². The number of para-hydroxylation sites is 1. The highest BCUT2D eigenvalue weighted by molar-refractivity contribution is 6.03. The molecule has 0 aliphatic carbocycles. The highest BCUT2D eigenvalue weighted by Gasteiger charge is 2.76.